The molecule has 0 spiro atoms. The van der Waals surface area contributed by atoms with Crippen LogP contribution in [0.25, 0.3) is 0 Å². The molecular weight excluding hydrogens is 312 g/mol. The molecule has 2 saturated heterocycles. The summed E-state index contributed by atoms with van der Waals surface area (Å²) in [6, 6.07) is 1.69. The van der Waals surface area contributed by atoms with Crippen LogP contribution in [0.1, 0.15) is 36.5 Å². The van der Waals surface area contributed by atoms with E-state index in [1.165, 1.54) is 12.5 Å². The Morgan fingerprint density at radius 1 is 1.26 bits per heavy atom. The van der Waals surface area contributed by atoms with E-state index in [0.717, 1.165) is 38.1 Å². The van der Waals surface area contributed by atoms with Gasteiger partial charge in [0.1, 0.15) is 6.26 Å². The number of hydrogen-bond donors (Lipinski definition) is 0. The zero-order valence-corrected chi connectivity index (χ0v) is 14.4. The first-order chi connectivity index (χ1) is 11.2. The van der Waals surface area contributed by atoms with Crippen LogP contribution >= 0.6 is 11.8 Å². The molecule has 126 valence electrons. The van der Waals surface area contributed by atoms with Gasteiger partial charge in [-0.3, -0.25) is 9.59 Å². The van der Waals surface area contributed by atoms with E-state index < -0.39 is 0 Å². The maximum absolute atomic E-state index is 12.7. The SMILES string of the molecule is CC[C@@H]1CN(C(=O)C2CCN(C(=O)c3ccoc3)CC2)CCS1. The summed E-state index contributed by atoms with van der Waals surface area (Å²) in [7, 11) is 0. The summed E-state index contributed by atoms with van der Waals surface area (Å²) >= 11 is 1.98. The molecule has 3 rings (SSSR count). The van der Waals surface area contributed by atoms with Crippen molar-refractivity contribution in [3.63, 3.8) is 0 Å². The third kappa shape index (κ3) is 3.74. The van der Waals surface area contributed by atoms with E-state index in [2.05, 4.69) is 6.92 Å². The Morgan fingerprint density at radius 3 is 2.70 bits per heavy atom. The fourth-order valence-electron chi connectivity index (χ4n) is 3.32. The molecule has 2 fully saturated rings. The lowest BCUT2D eigenvalue weighted by atomic mass is 9.94. The number of amides is 2. The molecule has 2 aliphatic rings. The average Bonchev–Trinajstić information content (AvgIpc) is 3.15. The first-order valence-electron chi connectivity index (χ1n) is 8.41. The summed E-state index contributed by atoms with van der Waals surface area (Å²) in [6.07, 6.45) is 5.65. The summed E-state index contributed by atoms with van der Waals surface area (Å²) < 4.78 is 4.98. The van der Waals surface area contributed by atoms with Crippen LogP contribution in [0.3, 0.4) is 0 Å². The summed E-state index contributed by atoms with van der Waals surface area (Å²) in [5.74, 6) is 1.41. The van der Waals surface area contributed by atoms with Crippen LogP contribution in [-0.4, -0.2) is 58.8 Å². The van der Waals surface area contributed by atoms with Crippen molar-refractivity contribution in [2.45, 2.75) is 31.4 Å². The molecule has 1 aromatic rings. The molecule has 1 aromatic heterocycles. The number of thioether (sulfide) groups is 1. The minimum Gasteiger partial charge on any atom is -0.472 e. The van der Waals surface area contributed by atoms with Crippen molar-refractivity contribution in [3.05, 3.63) is 24.2 Å². The van der Waals surface area contributed by atoms with Gasteiger partial charge in [-0.1, -0.05) is 6.92 Å². The largest absolute Gasteiger partial charge is 0.472 e. The van der Waals surface area contributed by atoms with Gasteiger partial charge in [-0.05, 0) is 25.3 Å². The van der Waals surface area contributed by atoms with Gasteiger partial charge in [-0.25, -0.2) is 0 Å². The highest BCUT2D eigenvalue weighted by atomic mass is 32.2. The Morgan fingerprint density at radius 2 is 2.04 bits per heavy atom. The molecule has 0 aliphatic carbocycles. The Bertz CT molecular complexity index is 538. The van der Waals surface area contributed by atoms with Gasteiger partial charge >= 0.3 is 0 Å². The molecular formula is C17H24N2O3S. The zero-order valence-electron chi connectivity index (χ0n) is 13.6. The van der Waals surface area contributed by atoms with E-state index in [9.17, 15) is 9.59 Å². The van der Waals surface area contributed by atoms with Crippen LogP contribution in [0.5, 0.6) is 0 Å². The molecule has 0 bridgehead atoms. The maximum atomic E-state index is 12.7. The van der Waals surface area contributed by atoms with E-state index in [1.54, 1.807) is 6.07 Å². The van der Waals surface area contributed by atoms with Crippen LogP contribution in [-0.2, 0) is 4.79 Å². The van der Waals surface area contributed by atoms with Crippen molar-refractivity contribution in [1.82, 2.24) is 9.80 Å². The van der Waals surface area contributed by atoms with Gasteiger partial charge < -0.3 is 14.2 Å². The van der Waals surface area contributed by atoms with Gasteiger partial charge in [0.2, 0.25) is 5.91 Å². The second kappa shape index (κ2) is 7.43. The monoisotopic (exact) mass is 336 g/mol. The highest BCUT2D eigenvalue weighted by Crippen LogP contribution is 2.26. The van der Waals surface area contributed by atoms with Crippen LogP contribution in [0.15, 0.2) is 23.0 Å². The molecule has 23 heavy (non-hydrogen) atoms. The van der Waals surface area contributed by atoms with Gasteiger partial charge in [0.25, 0.3) is 5.91 Å². The fraction of sp³-hybridized carbons (Fsp3) is 0.647. The second-order valence-corrected chi connectivity index (χ2v) is 7.67. The van der Waals surface area contributed by atoms with Gasteiger partial charge in [0.15, 0.2) is 0 Å². The van der Waals surface area contributed by atoms with Gasteiger partial charge in [-0.2, -0.15) is 11.8 Å². The Kier molecular flexibility index (Phi) is 5.30. The second-order valence-electron chi connectivity index (χ2n) is 6.26. The minimum absolute atomic E-state index is 0.00469. The zero-order chi connectivity index (χ0) is 16.2. The Labute approximate surface area is 141 Å². The van der Waals surface area contributed by atoms with Crippen molar-refractivity contribution in [1.29, 1.82) is 0 Å². The van der Waals surface area contributed by atoms with Crippen molar-refractivity contribution in [2.24, 2.45) is 5.92 Å². The lowest BCUT2D eigenvalue weighted by Crippen LogP contribution is -2.48. The third-order valence-corrected chi connectivity index (χ3v) is 6.18. The molecule has 0 aromatic carbocycles. The normalized spacial score (nSPS) is 23.1. The maximum Gasteiger partial charge on any atom is 0.257 e. The number of carbonyl (C=O) groups excluding carboxylic acids is 2. The lowest BCUT2D eigenvalue weighted by molar-refractivity contribution is -0.136. The first-order valence-corrected chi connectivity index (χ1v) is 9.45. The number of rotatable bonds is 3. The lowest BCUT2D eigenvalue weighted by Gasteiger charge is -2.37. The van der Waals surface area contributed by atoms with Crippen molar-refractivity contribution < 1.29 is 14.0 Å². The van der Waals surface area contributed by atoms with Crippen LogP contribution in [0.2, 0.25) is 0 Å². The predicted molar refractivity (Wildman–Crippen MR) is 90.5 cm³/mol. The number of likely N-dealkylation sites (tertiary alicyclic amines) is 1. The Hall–Kier alpha value is -1.43. The smallest absolute Gasteiger partial charge is 0.257 e. The quantitative estimate of drug-likeness (QED) is 0.851. The highest BCUT2D eigenvalue weighted by Gasteiger charge is 2.32. The molecule has 6 heteroatoms. The number of nitrogens with zero attached hydrogens (tertiary/aromatic N) is 2. The summed E-state index contributed by atoms with van der Waals surface area (Å²) in [4.78, 5) is 28.9. The van der Waals surface area contributed by atoms with Crippen molar-refractivity contribution in [2.75, 3.05) is 31.9 Å². The number of carbonyl (C=O) groups is 2. The minimum atomic E-state index is 0.00469. The van der Waals surface area contributed by atoms with E-state index in [1.807, 2.05) is 21.6 Å². The summed E-state index contributed by atoms with van der Waals surface area (Å²) in [5, 5.41) is 0.579. The van der Waals surface area contributed by atoms with E-state index in [0.29, 0.717) is 29.8 Å². The summed E-state index contributed by atoms with van der Waals surface area (Å²) in [5.41, 5.74) is 0.591. The molecule has 2 aliphatic heterocycles. The third-order valence-electron chi connectivity index (χ3n) is 4.81. The predicted octanol–water partition coefficient (Wildman–Crippen LogP) is 2.49. The van der Waals surface area contributed by atoms with E-state index >= 15 is 0 Å². The topological polar surface area (TPSA) is 53.8 Å². The highest BCUT2D eigenvalue weighted by molar-refractivity contribution is 8.00. The van der Waals surface area contributed by atoms with Crippen molar-refractivity contribution >= 4 is 23.6 Å². The fourth-order valence-corrected chi connectivity index (χ4v) is 4.50. The van der Waals surface area contributed by atoms with Gasteiger partial charge in [0, 0.05) is 43.1 Å². The first kappa shape index (κ1) is 16.4. The molecule has 0 radical (unpaired) electrons. The number of furan rings is 1. The molecule has 3 heterocycles. The van der Waals surface area contributed by atoms with Crippen LogP contribution < -0.4 is 0 Å². The van der Waals surface area contributed by atoms with Crippen molar-refractivity contribution in [3.8, 4) is 0 Å². The van der Waals surface area contributed by atoms with Gasteiger partial charge in [-0.15, -0.1) is 0 Å². The van der Waals surface area contributed by atoms with Crippen LogP contribution in [0, 0.1) is 5.92 Å². The van der Waals surface area contributed by atoms with Gasteiger partial charge in [0.05, 0.1) is 11.8 Å². The molecule has 0 N–H and O–H groups in total. The molecule has 0 unspecified atom stereocenters. The van der Waals surface area contributed by atoms with E-state index in [-0.39, 0.29) is 11.8 Å². The van der Waals surface area contributed by atoms with Crippen LogP contribution in [0.4, 0.5) is 0 Å². The molecule has 1 atom stereocenters. The average molecular weight is 336 g/mol. The van der Waals surface area contributed by atoms with E-state index in [4.69, 9.17) is 4.42 Å². The number of piperidine rings is 1. The number of hydrogen-bond acceptors (Lipinski definition) is 4. The molecule has 2 amide bonds. The summed E-state index contributed by atoms with van der Waals surface area (Å²) in [6.45, 7) is 5.24. The standard InChI is InChI=1S/C17H24N2O3S/c1-2-15-11-19(8-10-23-15)16(20)13-3-6-18(7-4-13)17(21)14-5-9-22-12-14/h5,9,12-13,15H,2-4,6-8,10-11H2,1H3/t15-/m1/s1. The Balaban J connectivity index is 1.52. The molecule has 0 saturated carbocycles. The molecule has 5 nitrogen and oxygen atoms in total.